The average molecular weight is 460 g/mol. The molecule has 9 nitrogen and oxygen atoms in total. The van der Waals surface area contributed by atoms with E-state index < -0.39 is 16.2 Å². The van der Waals surface area contributed by atoms with Crippen LogP contribution in [0.25, 0.3) is 11.1 Å². The minimum Gasteiger partial charge on any atom is -0.481 e. The van der Waals surface area contributed by atoms with Crippen LogP contribution in [0.2, 0.25) is 0 Å². The van der Waals surface area contributed by atoms with Gasteiger partial charge in [-0.25, -0.2) is 14.5 Å². The zero-order valence-electron chi connectivity index (χ0n) is 18.6. The highest BCUT2D eigenvalue weighted by Crippen LogP contribution is 2.38. The molecular weight excluding hydrogens is 430 g/mol. The molecule has 1 aliphatic carbocycles. The van der Waals surface area contributed by atoms with E-state index in [0.717, 1.165) is 48.9 Å². The van der Waals surface area contributed by atoms with E-state index in [1.54, 1.807) is 19.4 Å². The predicted molar refractivity (Wildman–Crippen MR) is 123 cm³/mol. The van der Waals surface area contributed by atoms with Crippen molar-refractivity contribution in [3.8, 4) is 17.0 Å². The van der Waals surface area contributed by atoms with E-state index >= 15 is 0 Å². The first kappa shape index (κ1) is 22.5. The molecule has 2 aromatic rings. The van der Waals surface area contributed by atoms with Crippen molar-refractivity contribution >= 4 is 21.9 Å². The SMILES string of the molecule is COc1cc(-c2ccc3c(c2NC(=O)NS(=O)(=O)N(C)[C@H]2CCN(C)C2)CCC3)ccn1. The van der Waals surface area contributed by atoms with Crippen molar-refractivity contribution in [2.75, 3.05) is 39.6 Å². The summed E-state index contributed by atoms with van der Waals surface area (Å²) in [5.41, 5.74) is 4.46. The second-order valence-electron chi connectivity index (χ2n) is 8.35. The Bertz CT molecular complexity index is 1120. The van der Waals surface area contributed by atoms with Crippen LogP contribution in [0.5, 0.6) is 5.88 Å². The summed E-state index contributed by atoms with van der Waals surface area (Å²) in [7, 11) is 1.03. The van der Waals surface area contributed by atoms with Gasteiger partial charge in [0.1, 0.15) is 0 Å². The van der Waals surface area contributed by atoms with Crippen LogP contribution in [0.3, 0.4) is 0 Å². The van der Waals surface area contributed by atoms with Gasteiger partial charge in [-0.15, -0.1) is 0 Å². The van der Waals surface area contributed by atoms with Gasteiger partial charge in [0.15, 0.2) is 0 Å². The number of likely N-dealkylation sites (N-methyl/N-ethyl adjacent to an activating group) is 2. The maximum atomic E-state index is 12.8. The van der Waals surface area contributed by atoms with E-state index in [0.29, 0.717) is 18.1 Å². The molecule has 32 heavy (non-hydrogen) atoms. The summed E-state index contributed by atoms with van der Waals surface area (Å²) in [6.45, 7) is 1.46. The van der Waals surface area contributed by atoms with Gasteiger partial charge in [-0.05, 0) is 62.0 Å². The zero-order chi connectivity index (χ0) is 22.9. The van der Waals surface area contributed by atoms with Crippen LogP contribution in [0, 0.1) is 0 Å². The van der Waals surface area contributed by atoms with Gasteiger partial charge in [-0.1, -0.05) is 12.1 Å². The van der Waals surface area contributed by atoms with Gasteiger partial charge >= 0.3 is 16.2 Å². The second kappa shape index (κ2) is 9.05. The highest BCUT2D eigenvalue weighted by Gasteiger charge is 2.32. The number of nitrogens with one attached hydrogen (secondary N) is 2. The Labute approximate surface area is 189 Å². The maximum absolute atomic E-state index is 12.8. The lowest BCUT2D eigenvalue weighted by molar-refractivity contribution is 0.255. The number of amides is 2. The van der Waals surface area contributed by atoms with Crippen LogP contribution < -0.4 is 14.8 Å². The van der Waals surface area contributed by atoms with Gasteiger partial charge in [-0.2, -0.15) is 12.7 Å². The van der Waals surface area contributed by atoms with Crippen molar-refractivity contribution in [1.82, 2.24) is 18.9 Å². The number of nitrogens with zero attached hydrogens (tertiary/aromatic N) is 3. The monoisotopic (exact) mass is 459 g/mol. The Morgan fingerprint density at radius 1 is 1.28 bits per heavy atom. The second-order valence-corrected chi connectivity index (χ2v) is 10.1. The molecule has 0 unspecified atom stereocenters. The molecule has 10 heteroatoms. The molecule has 1 fully saturated rings. The number of pyridine rings is 1. The first-order valence-electron chi connectivity index (χ1n) is 10.7. The molecular formula is C22H29N5O4S. The number of carbonyl (C=O) groups is 1. The molecule has 2 N–H and O–H groups in total. The van der Waals surface area contributed by atoms with E-state index in [-0.39, 0.29) is 6.04 Å². The summed E-state index contributed by atoms with van der Waals surface area (Å²) >= 11 is 0. The zero-order valence-corrected chi connectivity index (χ0v) is 19.4. The molecule has 1 aliphatic heterocycles. The van der Waals surface area contributed by atoms with Crippen LogP contribution in [0.15, 0.2) is 30.5 Å². The third-order valence-electron chi connectivity index (χ3n) is 6.26. The number of likely N-dealkylation sites (tertiary alicyclic amines) is 1. The number of fused-ring (bicyclic) bond motifs is 1. The fourth-order valence-electron chi connectivity index (χ4n) is 4.47. The van der Waals surface area contributed by atoms with E-state index in [4.69, 9.17) is 4.74 Å². The summed E-state index contributed by atoms with van der Waals surface area (Å²) in [5.74, 6) is 0.462. The molecule has 0 radical (unpaired) electrons. The van der Waals surface area contributed by atoms with E-state index in [1.165, 1.54) is 16.9 Å². The fraction of sp³-hybridized carbons (Fsp3) is 0.455. The van der Waals surface area contributed by atoms with Crippen molar-refractivity contribution in [2.24, 2.45) is 0 Å². The summed E-state index contributed by atoms with van der Waals surface area (Å²) in [5, 5.41) is 2.83. The van der Waals surface area contributed by atoms with Gasteiger partial charge in [0.05, 0.1) is 12.8 Å². The number of methoxy groups -OCH3 is 1. The van der Waals surface area contributed by atoms with Crippen molar-refractivity contribution in [3.05, 3.63) is 41.6 Å². The predicted octanol–water partition coefficient (Wildman–Crippen LogP) is 2.25. The van der Waals surface area contributed by atoms with Crippen molar-refractivity contribution in [1.29, 1.82) is 0 Å². The van der Waals surface area contributed by atoms with Crippen molar-refractivity contribution in [3.63, 3.8) is 0 Å². The van der Waals surface area contributed by atoms with Crippen LogP contribution >= 0.6 is 0 Å². The highest BCUT2D eigenvalue weighted by atomic mass is 32.2. The minimum atomic E-state index is -3.97. The number of aromatic nitrogens is 1. The van der Waals surface area contributed by atoms with Crippen LogP contribution in [-0.4, -0.2) is 69.0 Å². The number of aryl methyl sites for hydroxylation is 1. The molecule has 2 aliphatic rings. The lowest BCUT2D eigenvalue weighted by atomic mass is 9.98. The third-order valence-corrected chi connectivity index (χ3v) is 7.76. The molecule has 0 bridgehead atoms. The van der Waals surface area contributed by atoms with Crippen molar-refractivity contribution in [2.45, 2.75) is 31.7 Å². The first-order chi connectivity index (χ1) is 15.3. The standard InChI is InChI=1S/C22H29N5O4S/c1-26-12-10-17(14-26)27(2)32(29,30)25-22(28)24-21-18-6-4-5-15(18)7-8-19(21)16-9-11-23-20(13-16)31-3/h7-9,11,13,17H,4-6,10,12,14H2,1-3H3,(H2,24,25,28)/t17-/m0/s1. The van der Waals surface area contributed by atoms with Gasteiger partial charge in [-0.3, -0.25) is 0 Å². The molecule has 2 heterocycles. The molecule has 1 saturated heterocycles. The number of hydrogen-bond acceptors (Lipinski definition) is 6. The molecule has 172 valence electrons. The molecule has 1 aromatic heterocycles. The quantitative estimate of drug-likeness (QED) is 0.687. The van der Waals surface area contributed by atoms with Gasteiger partial charge < -0.3 is 15.0 Å². The van der Waals surface area contributed by atoms with Crippen LogP contribution in [0.4, 0.5) is 10.5 Å². The lowest BCUT2D eigenvalue weighted by Gasteiger charge is -2.24. The summed E-state index contributed by atoms with van der Waals surface area (Å²) in [6.07, 6.45) is 5.12. The normalized spacial score (nSPS) is 18.6. The Morgan fingerprint density at radius 3 is 2.81 bits per heavy atom. The number of anilines is 1. The Morgan fingerprint density at radius 2 is 2.09 bits per heavy atom. The number of carbonyl (C=O) groups excluding carboxylic acids is 1. The highest BCUT2D eigenvalue weighted by molar-refractivity contribution is 7.87. The third kappa shape index (κ3) is 4.57. The number of rotatable bonds is 6. The molecule has 2 amide bonds. The molecule has 4 rings (SSSR count). The van der Waals surface area contributed by atoms with Crippen molar-refractivity contribution < 1.29 is 17.9 Å². The van der Waals surface area contributed by atoms with E-state index in [9.17, 15) is 13.2 Å². The molecule has 1 aromatic carbocycles. The molecule has 0 spiro atoms. The lowest BCUT2D eigenvalue weighted by Crippen LogP contribution is -2.48. The number of benzene rings is 1. The van der Waals surface area contributed by atoms with E-state index in [1.807, 2.05) is 19.2 Å². The van der Waals surface area contributed by atoms with Gasteiger partial charge in [0.25, 0.3) is 0 Å². The summed E-state index contributed by atoms with van der Waals surface area (Å²) in [4.78, 5) is 19.1. The topological polar surface area (TPSA) is 104 Å². The van der Waals surface area contributed by atoms with Crippen LogP contribution in [0.1, 0.15) is 24.0 Å². The summed E-state index contributed by atoms with van der Waals surface area (Å²) < 4.78 is 34.3. The molecule has 1 atom stereocenters. The Hall–Kier alpha value is -2.69. The number of urea groups is 1. The maximum Gasteiger partial charge on any atom is 0.333 e. The Balaban J connectivity index is 1.59. The van der Waals surface area contributed by atoms with Gasteiger partial charge in [0, 0.05) is 37.5 Å². The smallest absolute Gasteiger partial charge is 0.333 e. The number of ether oxygens (including phenoxy) is 1. The Kier molecular flexibility index (Phi) is 6.36. The average Bonchev–Trinajstić information content (AvgIpc) is 3.42. The van der Waals surface area contributed by atoms with Crippen LogP contribution in [-0.2, 0) is 23.1 Å². The summed E-state index contributed by atoms with van der Waals surface area (Å²) in [6, 6.07) is 6.71. The van der Waals surface area contributed by atoms with Gasteiger partial charge in [0.2, 0.25) is 5.88 Å². The first-order valence-corrected chi connectivity index (χ1v) is 12.1. The minimum absolute atomic E-state index is 0.161. The largest absolute Gasteiger partial charge is 0.481 e. The number of hydrogen-bond donors (Lipinski definition) is 2. The fourth-order valence-corrected chi connectivity index (χ4v) is 5.47. The van der Waals surface area contributed by atoms with E-state index in [2.05, 4.69) is 26.0 Å². The molecule has 0 saturated carbocycles.